The third-order valence-electron chi connectivity index (χ3n) is 2.91. The van der Waals surface area contributed by atoms with Gasteiger partial charge in [-0.15, -0.1) is 0 Å². The van der Waals surface area contributed by atoms with Crippen molar-refractivity contribution in [3.8, 4) is 11.4 Å². The molecule has 96 valence electrons. The number of hydrogen-bond acceptors (Lipinski definition) is 2. The van der Waals surface area contributed by atoms with Gasteiger partial charge < -0.3 is 9.88 Å². The molecule has 0 saturated carbocycles. The number of nitrogens with zero attached hydrogens (tertiary/aromatic N) is 2. The van der Waals surface area contributed by atoms with E-state index < -0.39 is 0 Å². The van der Waals surface area contributed by atoms with Crippen molar-refractivity contribution in [1.82, 2.24) is 14.9 Å². The standard InChI is InChI=1S/C14H18FN3/c1-3-16-10-11-5-6-13(15)12(9-11)14-17-7-8-18(14)4-2/h5-9,16H,3-4,10H2,1-2H3. The molecule has 1 N–H and O–H groups in total. The van der Waals surface area contributed by atoms with Gasteiger partial charge in [0, 0.05) is 25.5 Å². The van der Waals surface area contributed by atoms with Gasteiger partial charge in [0.1, 0.15) is 11.6 Å². The minimum Gasteiger partial charge on any atom is -0.331 e. The summed E-state index contributed by atoms with van der Waals surface area (Å²) in [5, 5.41) is 3.24. The van der Waals surface area contributed by atoms with E-state index in [2.05, 4.69) is 10.3 Å². The summed E-state index contributed by atoms with van der Waals surface area (Å²) >= 11 is 0. The first-order valence-corrected chi connectivity index (χ1v) is 6.27. The molecule has 0 aliphatic carbocycles. The Kier molecular flexibility index (Phi) is 4.10. The lowest BCUT2D eigenvalue weighted by Crippen LogP contribution is -2.12. The molecule has 18 heavy (non-hydrogen) atoms. The van der Waals surface area contributed by atoms with Crippen molar-refractivity contribution >= 4 is 0 Å². The average Bonchev–Trinajstić information content (AvgIpc) is 2.86. The molecule has 0 fully saturated rings. The average molecular weight is 247 g/mol. The number of halogens is 1. The minimum absolute atomic E-state index is 0.226. The molecule has 2 aromatic rings. The van der Waals surface area contributed by atoms with Crippen LogP contribution in [0.25, 0.3) is 11.4 Å². The molecule has 0 unspecified atom stereocenters. The fraction of sp³-hybridized carbons (Fsp3) is 0.357. The zero-order chi connectivity index (χ0) is 13.0. The van der Waals surface area contributed by atoms with Crippen LogP contribution in [0.5, 0.6) is 0 Å². The van der Waals surface area contributed by atoms with Crippen LogP contribution >= 0.6 is 0 Å². The van der Waals surface area contributed by atoms with E-state index >= 15 is 0 Å². The zero-order valence-electron chi connectivity index (χ0n) is 10.8. The summed E-state index contributed by atoms with van der Waals surface area (Å²) in [5.74, 6) is 0.462. The molecule has 0 spiro atoms. The van der Waals surface area contributed by atoms with Crippen LogP contribution in [0.3, 0.4) is 0 Å². The maximum Gasteiger partial charge on any atom is 0.142 e. The molecule has 2 rings (SSSR count). The number of imidazole rings is 1. The van der Waals surface area contributed by atoms with E-state index in [9.17, 15) is 4.39 Å². The molecule has 3 nitrogen and oxygen atoms in total. The number of nitrogens with one attached hydrogen (secondary N) is 1. The van der Waals surface area contributed by atoms with E-state index in [1.807, 2.05) is 30.7 Å². The van der Waals surface area contributed by atoms with Crippen molar-refractivity contribution in [3.05, 3.63) is 42.0 Å². The Hall–Kier alpha value is -1.68. The Morgan fingerprint density at radius 2 is 2.17 bits per heavy atom. The summed E-state index contributed by atoms with van der Waals surface area (Å²) in [6.45, 7) is 6.50. The van der Waals surface area contributed by atoms with Crippen LogP contribution in [0.2, 0.25) is 0 Å². The summed E-state index contributed by atoms with van der Waals surface area (Å²) < 4.78 is 15.8. The van der Waals surface area contributed by atoms with Crippen molar-refractivity contribution in [2.24, 2.45) is 0 Å². The summed E-state index contributed by atoms with van der Waals surface area (Å²) in [6, 6.07) is 5.18. The molecule has 1 heterocycles. The number of aryl methyl sites for hydroxylation is 1. The summed E-state index contributed by atoms with van der Waals surface area (Å²) in [6.07, 6.45) is 3.57. The van der Waals surface area contributed by atoms with Crippen molar-refractivity contribution < 1.29 is 4.39 Å². The normalized spacial score (nSPS) is 10.8. The first-order valence-electron chi connectivity index (χ1n) is 6.27. The van der Waals surface area contributed by atoms with Crippen LogP contribution in [0, 0.1) is 5.82 Å². The molecule has 0 amide bonds. The second-order valence-electron chi connectivity index (χ2n) is 4.13. The van der Waals surface area contributed by atoms with Crippen LogP contribution < -0.4 is 5.32 Å². The monoisotopic (exact) mass is 247 g/mol. The second kappa shape index (κ2) is 5.78. The fourth-order valence-corrected chi connectivity index (χ4v) is 1.93. The summed E-state index contributed by atoms with van der Waals surface area (Å²) in [7, 11) is 0. The van der Waals surface area contributed by atoms with Crippen LogP contribution in [-0.4, -0.2) is 16.1 Å². The lowest BCUT2D eigenvalue weighted by molar-refractivity contribution is 0.625. The first kappa shape index (κ1) is 12.8. The Labute approximate surface area is 107 Å². The van der Waals surface area contributed by atoms with Gasteiger partial charge in [-0.25, -0.2) is 9.37 Å². The highest BCUT2D eigenvalue weighted by Gasteiger charge is 2.11. The topological polar surface area (TPSA) is 29.9 Å². The largest absolute Gasteiger partial charge is 0.331 e. The third-order valence-corrected chi connectivity index (χ3v) is 2.91. The van der Waals surface area contributed by atoms with E-state index in [0.29, 0.717) is 11.4 Å². The molecule has 4 heteroatoms. The molecule has 0 radical (unpaired) electrons. The molecule has 0 aliphatic rings. The number of hydrogen-bond donors (Lipinski definition) is 1. The van der Waals surface area contributed by atoms with Gasteiger partial charge in [0.2, 0.25) is 0 Å². The fourth-order valence-electron chi connectivity index (χ4n) is 1.93. The zero-order valence-corrected chi connectivity index (χ0v) is 10.8. The van der Waals surface area contributed by atoms with E-state index in [1.54, 1.807) is 12.3 Å². The molecule has 0 atom stereocenters. The lowest BCUT2D eigenvalue weighted by Gasteiger charge is -2.09. The maximum absolute atomic E-state index is 13.9. The molecular weight excluding hydrogens is 229 g/mol. The molecule has 0 saturated heterocycles. The van der Waals surface area contributed by atoms with Gasteiger partial charge >= 0.3 is 0 Å². The van der Waals surface area contributed by atoms with Crippen molar-refractivity contribution in [3.63, 3.8) is 0 Å². The highest BCUT2D eigenvalue weighted by molar-refractivity contribution is 5.57. The highest BCUT2D eigenvalue weighted by atomic mass is 19.1. The third kappa shape index (κ3) is 2.59. The number of benzene rings is 1. The quantitative estimate of drug-likeness (QED) is 0.880. The molecule has 1 aromatic carbocycles. The van der Waals surface area contributed by atoms with Crippen LogP contribution in [0.4, 0.5) is 4.39 Å². The van der Waals surface area contributed by atoms with Gasteiger partial charge in [-0.1, -0.05) is 13.0 Å². The SMILES string of the molecule is CCNCc1ccc(F)c(-c2nccn2CC)c1. The Bertz CT molecular complexity index is 520. The van der Waals surface area contributed by atoms with Gasteiger partial charge in [-0.3, -0.25) is 0 Å². The molecule has 0 bridgehead atoms. The van der Waals surface area contributed by atoms with E-state index in [0.717, 1.165) is 25.2 Å². The van der Waals surface area contributed by atoms with Crippen LogP contribution in [0.15, 0.2) is 30.6 Å². The van der Waals surface area contributed by atoms with Crippen molar-refractivity contribution in [1.29, 1.82) is 0 Å². The van der Waals surface area contributed by atoms with Gasteiger partial charge in [0.05, 0.1) is 5.56 Å². The Morgan fingerprint density at radius 1 is 1.33 bits per heavy atom. The van der Waals surface area contributed by atoms with E-state index in [1.165, 1.54) is 6.07 Å². The van der Waals surface area contributed by atoms with E-state index in [-0.39, 0.29) is 5.82 Å². The van der Waals surface area contributed by atoms with Gasteiger partial charge in [0.25, 0.3) is 0 Å². The minimum atomic E-state index is -0.226. The molecule has 0 aliphatic heterocycles. The number of aromatic nitrogens is 2. The van der Waals surface area contributed by atoms with Crippen molar-refractivity contribution in [2.75, 3.05) is 6.54 Å². The van der Waals surface area contributed by atoms with Gasteiger partial charge in [-0.05, 0) is 31.2 Å². The summed E-state index contributed by atoms with van der Waals surface area (Å²) in [4.78, 5) is 4.24. The van der Waals surface area contributed by atoms with Crippen molar-refractivity contribution in [2.45, 2.75) is 26.9 Å². The van der Waals surface area contributed by atoms with Gasteiger partial charge in [-0.2, -0.15) is 0 Å². The van der Waals surface area contributed by atoms with Crippen LogP contribution in [0.1, 0.15) is 19.4 Å². The first-order chi connectivity index (χ1) is 8.76. The smallest absolute Gasteiger partial charge is 0.142 e. The second-order valence-corrected chi connectivity index (χ2v) is 4.13. The number of rotatable bonds is 5. The van der Waals surface area contributed by atoms with Crippen LogP contribution in [-0.2, 0) is 13.1 Å². The molecular formula is C14H18FN3. The molecule has 1 aromatic heterocycles. The summed E-state index contributed by atoms with van der Waals surface area (Å²) in [5.41, 5.74) is 1.64. The van der Waals surface area contributed by atoms with Gasteiger partial charge in [0.15, 0.2) is 0 Å². The lowest BCUT2D eigenvalue weighted by atomic mass is 10.1. The maximum atomic E-state index is 13.9. The highest BCUT2D eigenvalue weighted by Crippen LogP contribution is 2.22. The predicted molar refractivity (Wildman–Crippen MR) is 70.7 cm³/mol. The van der Waals surface area contributed by atoms with E-state index in [4.69, 9.17) is 0 Å². The Balaban J connectivity index is 2.37. The Morgan fingerprint density at radius 3 is 2.89 bits per heavy atom. The predicted octanol–water partition coefficient (Wildman–Crippen LogP) is 2.82.